The second kappa shape index (κ2) is 13.9. The molecule has 9 rings (SSSR count). The van der Waals surface area contributed by atoms with Crippen molar-refractivity contribution in [1.82, 2.24) is 0 Å². The van der Waals surface area contributed by atoms with Crippen molar-refractivity contribution >= 4 is 52.3 Å². The van der Waals surface area contributed by atoms with Gasteiger partial charge in [-0.15, -0.1) is 0 Å². The molecule has 0 bridgehead atoms. The molecule has 6 aromatic carbocycles. The average molecular weight is 838 g/mol. The van der Waals surface area contributed by atoms with Crippen molar-refractivity contribution < 1.29 is 16.4 Å². The molecule has 0 fully saturated rings. The van der Waals surface area contributed by atoms with Gasteiger partial charge in [0.1, 0.15) is 0 Å². The molecular weight excluding hydrogens is 791 g/mol. The molecule has 1 heterocycles. The first-order valence-electron chi connectivity index (χ1n) is 19.9. The van der Waals surface area contributed by atoms with Crippen molar-refractivity contribution in [3.8, 4) is 33.4 Å². The van der Waals surface area contributed by atoms with Crippen LogP contribution in [0.2, 0.25) is 0 Å². The Labute approximate surface area is 332 Å². The van der Waals surface area contributed by atoms with E-state index in [1.807, 2.05) is 0 Å². The molecule has 0 radical (unpaired) electrons. The van der Waals surface area contributed by atoms with Gasteiger partial charge < -0.3 is 0 Å². The summed E-state index contributed by atoms with van der Waals surface area (Å²) in [5, 5.41) is 2.98. The molecule has 0 aromatic heterocycles. The van der Waals surface area contributed by atoms with E-state index >= 15 is 0 Å². The van der Waals surface area contributed by atoms with E-state index in [4.69, 9.17) is 0 Å². The summed E-state index contributed by atoms with van der Waals surface area (Å²) in [6.45, 7) is 9.18. The number of hydrogen-bond donors (Lipinski definition) is 0. The van der Waals surface area contributed by atoms with Crippen molar-refractivity contribution in [1.29, 1.82) is 0 Å². The number of aryl methyl sites for hydroxylation is 2. The Morgan fingerprint density at radius 3 is 1.48 bits per heavy atom. The van der Waals surface area contributed by atoms with E-state index in [-0.39, 0.29) is 7.25 Å². The average Bonchev–Trinajstić information content (AvgIpc) is 3.92. The van der Waals surface area contributed by atoms with Crippen molar-refractivity contribution in [3.63, 3.8) is 0 Å². The van der Waals surface area contributed by atoms with Gasteiger partial charge in [0.2, 0.25) is 0 Å². The topological polar surface area (TPSA) is 0 Å². The number of hydrogen-bond acceptors (Lipinski definition) is 0. The minimum absolute atomic E-state index is 0.0655. The molecular formula is C50H47Cl2SiZr. The van der Waals surface area contributed by atoms with Gasteiger partial charge in [-0.2, -0.15) is 0 Å². The third kappa shape index (κ3) is 5.31. The van der Waals surface area contributed by atoms with Crippen LogP contribution in [0.1, 0.15) is 81.2 Å². The van der Waals surface area contributed by atoms with E-state index < -0.39 is 25.9 Å². The zero-order valence-corrected chi connectivity index (χ0v) is 37.1. The molecule has 4 heteroatoms. The third-order valence-corrected chi connectivity index (χ3v) is 35.7. The van der Waals surface area contributed by atoms with Crippen LogP contribution in [-0.2, 0) is 29.2 Å². The monoisotopic (exact) mass is 835 g/mol. The summed E-state index contributed by atoms with van der Waals surface area (Å²) in [4.78, 5) is 0. The fraction of sp³-hybridized carbons (Fsp3) is 0.200. The van der Waals surface area contributed by atoms with Gasteiger partial charge >= 0.3 is 335 Å². The van der Waals surface area contributed by atoms with Crippen LogP contribution in [0.5, 0.6) is 0 Å². The first-order valence-corrected chi connectivity index (χ1v) is 31.7. The number of halogens is 2. The van der Waals surface area contributed by atoms with E-state index in [0.29, 0.717) is 0 Å². The van der Waals surface area contributed by atoms with E-state index in [1.165, 1.54) is 91.6 Å². The molecule has 2 unspecified atom stereocenters. The zero-order valence-electron chi connectivity index (χ0n) is 31.7. The fourth-order valence-corrected chi connectivity index (χ4v) is 38.8. The van der Waals surface area contributed by atoms with Gasteiger partial charge in [-0.05, 0) is 0 Å². The molecule has 2 aliphatic carbocycles. The van der Waals surface area contributed by atoms with Crippen LogP contribution < -0.4 is 13.6 Å². The number of rotatable bonds is 9. The molecule has 2 atom stereocenters. The van der Waals surface area contributed by atoms with Crippen LogP contribution in [0.25, 0.3) is 45.5 Å². The van der Waals surface area contributed by atoms with E-state index in [2.05, 4.69) is 167 Å². The van der Waals surface area contributed by atoms with Gasteiger partial charge in [-0.3, -0.25) is 0 Å². The minimum atomic E-state index is -5.53. The molecule has 3 aliphatic rings. The van der Waals surface area contributed by atoms with Gasteiger partial charge in [0.25, 0.3) is 0 Å². The van der Waals surface area contributed by atoms with Crippen molar-refractivity contribution in [2.24, 2.45) is 0 Å². The van der Waals surface area contributed by atoms with Crippen molar-refractivity contribution in [2.45, 2.75) is 60.6 Å². The second-order valence-electron chi connectivity index (χ2n) is 15.5. The first-order chi connectivity index (χ1) is 26.3. The van der Waals surface area contributed by atoms with Gasteiger partial charge in [0.15, 0.2) is 0 Å². The van der Waals surface area contributed by atoms with Crippen molar-refractivity contribution in [2.75, 3.05) is 0 Å². The molecule has 0 amide bonds. The molecule has 0 saturated carbocycles. The molecule has 54 heavy (non-hydrogen) atoms. The maximum absolute atomic E-state index is 9.22. The van der Waals surface area contributed by atoms with Gasteiger partial charge in [0.05, 0.1) is 0 Å². The summed E-state index contributed by atoms with van der Waals surface area (Å²) < 4.78 is 1.17. The van der Waals surface area contributed by atoms with Crippen molar-refractivity contribution in [3.05, 3.63) is 172 Å². The standard InChI is InChI=1S/2C19H19.C12H9Si.2ClH.Zr/c2*1-3-14-12-17-11-10-15(4-2)19(18(17)13-14)16-8-6-5-7-9-16;1-3-7-11-9(5-1)10-6-2-4-8-12(10)13-11;;;/h2*5-13H,3-4H2,1-2H3;1-7H,13H2;2*1H;/q;;;;;+2/p-2. The fourth-order valence-electron chi connectivity index (χ4n) is 10.5. The Hall–Kier alpha value is -3.52. The van der Waals surface area contributed by atoms with Gasteiger partial charge in [-0.1, -0.05) is 0 Å². The second-order valence-corrected chi connectivity index (χ2v) is 37.9. The molecule has 0 saturated heterocycles. The van der Waals surface area contributed by atoms with Crippen LogP contribution >= 0.6 is 17.0 Å². The Morgan fingerprint density at radius 1 is 0.500 bits per heavy atom. The van der Waals surface area contributed by atoms with Crippen LogP contribution in [0.3, 0.4) is 0 Å². The van der Waals surface area contributed by atoms with E-state index in [0.717, 1.165) is 25.7 Å². The normalized spacial score (nSPS) is 18.0. The zero-order chi connectivity index (χ0) is 37.2. The van der Waals surface area contributed by atoms with Crippen LogP contribution in [0.15, 0.2) is 139 Å². The summed E-state index contributed by atoms with van der Waals surface area (Å²) >= 11 is -5.53. The number of allylic oxidation sites excluding steroid dienone is 2. The predicted molar refractivity (Wildman–Crippen MR) is 236 cm³/mol. The van der Waals surface area contributed by atoms with Gasteiger partial charge in [-0.25, -0.2) is 0 Å². The van der Waals surface area contributed by atoms with E-state index in [1.54, 1.807) is 0 Å². The number of fused-ring (bicyclic) bond motifs is 5. The summed E-state index contributed by atoms with van der Waals surface area (Å²) in [5.41, 5.74) is 18.7. The van der Waals surface area contributed by atoms with Crippen LogP contribution in [0.4, 0.5) is 0 Å². The molecule has 0 nitrogen and oxygen atoms in total. The molecule has 269 valence electrons. The summed E-state index contributed by atoms with van der Waals surface area (Å²) in [6.07, 6.45) is 8.75. The quantitative estimate of drug-likeness (QED) is 0.127. The third-order valence-electron chi connectivity index (χ3n) is 12.9. The maximum atomic E-state index is 9.22. The molecule has 6 aromatic rings. The first kappa shape index (κ1) is 36.1. The Bertz CT molecular complexity index is 2390. The number of benzene rings is 6. The predicted octanol–water partition coefficient (Wildman–Crippen LogP) is 12.0. The Morgan fingerprint density at radius 2 is 0.981 bits per heavy atom. The Kier molecular flexibility index (Phi) is 9.30. The van der Waals surface area contributed by atoms with Crippen LogP contribution in [0, 0.1) is 0 Å². The summed E-state index contributed by atoms with van der Waals surface area (Å²) in [7, 11) is 17.6. The van der Waals surface area contributed by atoms with Gasteiger partial charge in [0, 0.05) is 0 Å². The molecule has 1 aliphatic heterocycles. The Balaban J connectivity index is 1.38. The SMILES string of the molecule is CCC1=Cc2c(ccc(CC)c2-c2ccccc2)[CH]1[Zr]([Cl])([Cl])([c]1cccc2c1[SiH2]c1ccccc1-2)[CH]1C(CC)=Cc2c1ccc(CC)c2-c1ccccc1. The molecule has 0 N–H and O–H groups in total. The summed E-state index contributed by atoms with van der Waals surface area (Å²) in [6, 6.07) is 47.6. The van der Waals surface area contributed by atoms with Crippen LogP contribution in [-0.4, -0.2) is 9.52 Å². The summed E-state index contributed by atoms with van der Waals surface area (Å²) in [5.74, 6) is 0. The van der Waals surface area contributed by atoms with E-state index in [9.17, 15) is 17.0 Å². The molecule has 0 spiro atoms.